The van der Waals surface area contributed by atoms with E-state index in [4.69, 9.17) is 14.2 Å². The Bertz CT molecular complexity index is 1230. The molecule has 2 amide bonds. The van der Waals surface area contributed by atoms with E-state index in [2.05, 4.69) is 12.1 Å². The third kappa shape index (κ3) is 6.28. The van der Waals surface area contributed by atoms with Crippen molar-refractivity contribution in [3.05, 3.63) is 89.5 Å². The van der Waals surface area contributed by atoms with Gasteiger partial charge in [0, 0.05) is 25.2 Å². The Balaban J connectivity index is 1.71. The lowest BCUT2D eigenvalue weighted by Gasteiger charge is -2.33. The summed E-state index contributed by atoms with van der Waals surface area (Å²) < 4.78 is 17.2. The number of carbonyl (C=O) groups is 2. The van der Waals surface area contributed by atoms with Gasteiger partial charge in [0.2, 0.25) is 0 Å². The van der Waals surface area contributed by atoms with Crippen LogP contribution in [0.4, 0.5) is 0 Å². The molecule has 0 aromatic heterocycles. The van der Waals surface area contributed by atoms with Crippen molar-refractivity contribution in [2.24, 2.45) is 0 Å². The molecule has 7 nitrogen and oxygen atoms in total. The zero-order valence-corrected chi connectivity index (χ0v) is 22.4. The molecule has 7 heteroatoms. The van der Waals surface area contributed by atoms with Gasteiger partial charge < -0.3 is 24.0 Å². The van der Waals surface area contributed by atoms with Gasteiger partial charge >= 0.3 is 0 Å². The summed E-state index contributed by atoms with van der Waals surface area (Å²) >= 11 is 0. The SMILES string of the molecule is CCN1CCCCN(C(=O)c2ccc(OC)c(OC)c2)[C@H](Cc2ccccc2)COc2ccccc2C1=O. The summed E-state index contributed by atoms with van der Waals surface area (Å²) in [6, 6.07) is 22.5. The zero-order chi connectivity index (χ0) is 26.9. The molecule has 3 aromatic rings. The minimum Gasteiger partial charge on any atom is -0.493 e. The van der Waals surface area contributed by atoms with Crippen LogP contribution in [0, 0.1) is 0 Å². The molecule has 0 spiro atoms. The van der Waals surface area contributed by atoms with Gasteiger partial charge in [0.05, 0.1) is 25.8 Å². The lowest BCUT2D eigenvalue weighted by molar-refractivity contribution is 0.0586. The molecule has 0 aliphatic carbocycles. The molecule has 1 aliphatic heterocycles. The lowest BCUT2D eigenvalue weighted by Crippen LogP contribution is -2.46. The Morgan fingerprint density at radius 3 is 2.37 bits per heavy atom. The third-order valence-corrected chi connectivity index (χ3v) is 6.94. The van der Waals surface area contributed by atoms with Gasteiger partial charge in [-0.3, -0.25) is 9.59 Å². The molecule has 4 rings (SSSR count). The van der Waals surface area contributed by atoms with Crippen LogP contribution in [0.5, 0.6) is 17.2 Å². The minimum absolute atomic E-state index is 0.0263. The van der Waals surface area contributed by atoms with Crippen molar-refractivity contribution in [1.82, 2.24) is 9.80 Å². The van der Waals surface area contributed by atoms with Gasteiger partial charge in [0.25, 0.3) is 11.8 Å². The van der Waals surface area contributed by atoms with Crippen molar-refractivity contribution in [1.29, 1.82) is 0 Å². The second kappa shape index (κ2) is 13.0. The first-order valence-corrected chi connectivity index (χ1v) is 13.1. The Morgan fingerprint density at radius 2 is 1.63 bits per heavy atom. The first-order chi connectivity index (χ1) is 18.5. The molecule has 1 heterocycles. The average molecular weight is 517 g/mol. The summed E-state index contributed by atoms with van der Waals surface area (Å²) in [5.74, 6) is 1.50. The average Bonchev–Trinajstić information content (AvgIpc) is 2.96. The summed E-state index contributed by atoms with van der Waals surface area (Å²) in [6.07, 6.45) is 2.17. The first-order valence-electron chi connectivity index (χ1n) is 13.1. The predicted molar refractivity (Wildman–Crippen MR) is 147 cm³/mol. The molecule has 0 bridgehead atoms. The number of methoxy groups -OCH3 is 2. The van der Waals surface area contributed by atoms with Crippen molar-refractivity contribution in [3.63, 3.8) is 0 Å². The van der Waals surface area contributed by atoms with Gasteiger partial charge in [-0.2, -0.15) is 0 Å². The van der Waals surface area contributed by atoms with Crippen LogP contribution in [0.3, 0.4) is 0 Å². The number of amides is 2. The van der Waals surface area contributed by atoms with Gasteiger partial charge in [0.15, 0.2) is 11.5 Å². The van der Waals surface area contributed by atoms with Crippen LogP contribution >= 0.6 is 0 Å². The van der Waals surface area contributed by atoms with Crippen LogP contribution < -0.4 is 14.2 Å². The van der Waals surface area contributed by atoms with Crippen molar-refractivity contribution < 1.29 is 23.8 Å². The van der Waals surface area contributed by atoms with E-state index in [9.17, 15) is 9.59 Å². The van der Waals surface area contributed by atoms with Crippen LogP contribution in [0.1, 0.15) is 46.0 Å². The number of fused-ring (bicyclic) bond motifs is 1. The number of para-hydroxylation sites is 1. The molecular formula is C31H36N2O5. The Hall–Kier alpha value is -4.00. The second-order valence-electron chi connectivity index (χ2n) is 9.31. The molecule has 0 radical (unpaired) electrons. The fraction of sp³-hybridized carbons (Fsp3) is 0.355. The molecular weight excluding hydrogens is 480 g/mol. The highest BCUT2D eigenvalue weighted by molar-refractivity contribution is 5.97. The molecule has 0 N–H and O–H groups in total. The normalized spacial score (nSPS) is 16.5. The summed E-state index contributed by atoms with van der Waals surface area (Å²) in [4.78, 5) is 31.1. The summed E-state index contributed by atoms with van der Waals surface area (Å²) in [5, 5.41) is 0. The van der Waals surface area contributed by atoms with E-state index in [-0.39, 0.29) is 24.5 Å². The summed E-state index contributed by atoms with van der Waals surface area (Å²) in [5.41, 5.74) is 2.18. The van der Waals surface area contributed by atoms with E-state index in [1.54, 1.807) is 32.4 Å². The summed E-state index contributed by atoms with van der Waals surface area (Å²) in [6.45, 7) is 4.01. The van der Waals surface area contributed by atoms with Gasteiger partial charge in [-0.15, -0.1) is 0 Å². The molecule has 0 fully saturated rings. The molecule has 0 saturated carbocycles. The first kappa shape index (κ1) is 27.0. The van der Waals surface area contributed by atoms with Crippen molar-refractivity contribution in [2.75, 3.05) is 40.5 Å². The van der Waals surface area contributed by atoms with Crippen molar-refractivity contribution in [2.45, 2.75) is 32.2 Å². The highest BCUT2D eigenvalue weighted by Gasteiger charge is 2.28. The quantitative estimate of drug-likeness (QED) is 0.457. The van der Waals surface area contributed by atoms with Crippen LogP contribution in [-0.2, 0) is 6.42 Å². The van der Waals surface area contributed by atoms with E-state index in [1.807, 2.05) is 59.2 Å². The summed E-state index contributed by atoms with van der Waals surface area (Å²) in [7, 11) is 3.14. The molecule has 0 saturated heterocycles. The molecule has 3 aromatic carbocycles. The Morgan fingerprint density at radius 1 is 0.921 bits per heavy atom. The van der Waals surface area contributed by atoms with E-state index in [0.717, 1.165) is 18.4 Å². The second-order valence-corrected chi connectivity index (χ2v) is 9.31. The molecule has 38 heavy (non-hydrogen) atoms. The maximum Gasteiger partial charge on any atom is 0.257 e. The van der Waals surface area contributed by atoms with E-state index >= 15 is 0 Å². The van der Waals surface area contributed by atoms with E-state index < -0.39 is 0 Å². The fourth-order valence-corrected chi connectivity index (χ4v) is 4.84. The molecule has 1 aliphatic rings. The maximum atomic E-state index is 14.0. The number of hydrogen-bond acceptors (Lipinski definition) is 5. The standard InChI is InChI=1S/C31H36N2O5/c1-4-32-18-10-11-19-33(30(34)24-16-17-28(36-2)29(21-24)37-3)25(20-23-12-6-5-7-13-23)22-38-27-15-9-8-14-26(27)31(32)35/h5-9,12-17,21,25H,4,10-11,18-20,22H2,1-3H3/t25-/m1/s1. The van der Waals surface area contributed by atoms with Crippen LogP contribution in [0.2, 0.25) is 0 Å². The molecule has 200 valence electrons. The fourth-order valence-electron chi connectivity index (χ4n) is 4.84. The van der Waals surface area contributed by atoms with Crippen LogP contribution in [0.25, 0.3) is 0 Å². The van der Waals surface area contributed by atoms with Gasteiger partial charge in [-0.25, -0.2) is 0 Å². The third-order valence-electron chi connectivity index (χ3n) is 6.94. The zero-order valence-electron chi connectivity index (χ0n) is 22.4. The maximum absolute atomic E-state index is 14.0. The number of nitrogens with zero attached hydrogens (tertiary/aromatic N) is 2. The highest BCUT2D eigenvalue weighted by Crippen LogP contribution is 2.29. The van der Waals surface area contributed by atoms with Gasteiger partial charge in [-0.05, 0) is 62.1 Å². The topological polar surface area (TPSA) is 68.3 Å². The van der Waals surface area contributed by atoms with E-state index in [0.29, 0.717) is 54.4 Å². The van der Waals surface area contributed by atoms with Crippen LogP contribution in [-0.4, -0.2) is 68.1 Å². The number of rotatable bonds is 6. The van der Waals surface area contributed by atoms with Crippen LogP contribution in [0.15, 0.2) is 72.8 Å². The Kier molecular flexibility index (Phi) is 9.25. The number of ether oxygens (including phenoxy) is 3. The minimum atomic E-state index is -0.247. The Labute approximate surface area is 224 Å². The number of carbonyl (C=O) groups excluding carboxylic acids is 2. The van der Waals surface area contributed by atoms with Crippen molar-refractivity contribution >= 4 is 11.8 Å². The van der Waals surface area contributed by atoms with E-state index in [1.165, 1.54) is 0 Å². The van der Waals surface area contributed by atoms with Gasteiger partial charge in [0.1, 0.15) is 12.4 Å². The lowest BCUT2D eigenvalue weighted by atomic mass is 10.0. The monoisotopic (exact) mass is 516 g/mol. The number of hydrogen-bond donors (Lipinski definition) is 0. The largest absolute Gasteiger partial charge is 0.493 e. The molecule has 1 atom stereocenters. The number of benzene rings is 3. The molecule has 0 unspecified atom stereocenters. The van der Waals surface area contributed by atoms with Gasteiger partial charge in [-0.1, -0.05) is 42.5 Å². The highest BCUT2D eigenvalue weighted by atomic mass is 16.5. The predicted octanol–water partition coefficient (Wildman–Crippen LogP) is 5.09. The smallest absolute Gasteiger partial charge is 0.257 e. The van der Waals surface area contributed by atoms with Crippen molar-refractivity contribution in [3.8, 4) is 17.2 Å².